The van der Waals surface area contributed by atoms with Gasteiger partial charge in [0.1, 0.15) is 18.0 Å². The van der Waals surface area contributed by atoms with Gasteiger partial charge >= 0.3 is 6.36 Å². The number of ether oxygens (including phenoxy) is 2. The number of carbonyl (C=O) groups is 3. The molecule has 2 amide bonds. The van der Waals surface area contributed by atoms with Gasteiger partial charge in [-0.05, 0) is 42.5 Å². The molecule has 1 heterocycles. The number of rotatable bonds is 6. The van der Waals surface area contributed by atoms with Gasteiger partial charge in [-0.3, -0.25) is 19.3 Å². The van der Waals surface area contributed by atoms with Crippen LogP contribution in [-0.2, 0) is 9.59 Å². The van der Waals surface area contributed by atoms with Crippen LogP contribution in [-0.4, -0.2) is 37.1 Å². The van der Waals surface area contributed by atoms with Crippen LogP contribution in [0.25, 0.3) is 0 Å². The predicted molar refractivity (Wildman–Crippen MR) is 101 cm³/mol. The fourth-order valence-electron chi connectivity index (χ4n) is 2.84. The molecule has 3 rings (SSSR count). The molecule has 0 saturated carbocycles. The number of fused-ring (bicyclic) bond motifs is 1. The zero-order valence-electron chi connectivity index (χ0n) is 15.8. The summed E-state index contributed by atoms with van der Waals surface area (Å²) in [7, 11) is 0. The number of hydrogen-bond donors (Lipinski definition) is 1. The Morgan fingerprint density at radius 2 is 1.87 bits per heavy atom. The molecule has 0 unspecified atom stereocenters. The molecule has 0 aromatic heterocycles. The summed E-state index contributed by atoms with van der Waals surface area (Å²) in [6.07, 6.45) is -4.53. The number of anilines is 2. The van der Waals surface area contributed by atoms with Gasteiger partial charge in [0.25, 0.3) is 5.91 Å². The van der Waals surface area contributed by atoms with Crippen molar-refractivity contribution in [3.8, 4) is 11.5 Å². The van der Waals surface area contributed by atoms with Crippen molar-refractivity contribution in [2.45, 2.75) is 19.7 Å². The molecular formula is C20H17F3N2O5. The molecule has 0 atom stereocenters. The Morgan fingerprint density at radius 3 is 2.50 bits per heavy atom. The van der Waals surface area contributed by atoms with Gasteiger partial charge in [-0.15, -0.1) is 13.2 Å². The van der Waals surface area contributed by atoms with E-state index in [4.69, 9.17) is 4.74 Å². The Morgan fingerprint density at radius 1 is 1.17 bits per heavy atom. The van der Waals surface area contributed by atoms with Crippen LogP contribution >= 0.6 is 0 Å². The van der Waals surface area contributed by atoms with Gasteiger partial charge in [0.05, 0.1) is 5.69 Å². The zero-order chi connectivity index (χ0) is 21.9. The number of carbonyl (C=O) groups excluding carboxylic acids is 3. The molecule has 1 N–H and O–H groups in total. The first-order valence-corrected chi connectivity index (χ1v) is 8.92. The van der Waals surface area contributed by atoms with Gasteiger partial charge in [-0.1, -0.05) is 6.92 Å². The lowest BCUT2D eigenvalue weighted by Crippen LogP contribution is -2.43. The van der Waals surface area contributed by atoms with Crippen molar-refractivity contribution in [1.82, 2.24) is 0 Å². The van der Waals surface area contributed by atoms with Crippen LogP contribution < -0.4 is 19.7 Å². The van der Waals surface area contributed by atoms with E-state index in [2.05, 4.69) is 10.1 Å². The summed E-state index contributed by atoms with van der Waals surface area (Å²) in [5.41, 5.74) is 0.917. The highest BCUT2D eigenvalue weighted by atomic mass is 19.4. The standard InChI is InChI=1S/C20H17F3N2O5/c1-2-16(26)12-3-8-17-15(9-12)25(19(28)11-29-17)10-18(27)24-13-4-6-14(7-5-13)30-20(21,22)23/h3-9H,2,10-11H2,1H3,(H,24,27). The molecule has 0 bridgehead atoms. The van der Waals surface area contributed by atoms with E-state index >= 15 is 0 Å². The van der Waals surface area contributed by atoms with Crippen LogP contribution in [0, 0.1) is 0 Å². The minimum atomic E-state index is -4.81. The van der Waals surface area contributed by atoms with Gasteiger partial charge in [0.15, 0.2) is 12.4 Å². The van der Waals surface area contributed by atoms with E-state index in [1.54, 1.807) is 19.1 Å². The smallest absolute Gasteiger partial charge is 0.482 e. The molecule has 0 saturated heterocycles. The summed E-state index contributed by atoms with van der Waals surface area (Å²) in [5.74, 6) is -1.23. The molecule has 0 fully saturated rings. The number of nitrogens with zero attached hydrogens (tertiary/aromatic N) is 1. The van der Waals surface area contributed by atoms with Crippen molar-refractivity contribution in [3.05, 3.63) is 48.0 Å². The lowest BCUT2D eigenvalue weighted by Gasteiger charge is -2.29. The molecule has 0 spiro atoms. The maximum Gasteiger partial charge on any atom is 0.573 e. The van der Waals surface area contributed by atoms with Crippen molar-refractivity contribution in [1.29, 1.82) is 0 Å². The van der Waals surface area contributed by atoms with E-state index in [-0.39, 0.29) is 31.0 Å². The molecule has 1 aliphatic heterocycles. The summed E-state index contributed by atoms with van der Waals surface area (Å²) in [4.78, 5) is 37.8. The summed E-state index contributed by atoms with van der Waals surface area (Å²) < 4.78 is 45.7. The lowest BCUT2D eigenvalue weighted by atomic mass is 10.1. The Bertz CT molecular complexity index is 973. The second-order valence-corrected chi connectivity index (χ2v) is 6.35. The van der Waals surface area contributed by atoms with E-state index in [9.17, 15) is 27.6 Å². The monoisotopic (exact) mass is 422 g/mol. The first-order valence-electron chi connectivity index (χ1n) is 8.92. The number of nitrogens with one attached hydrogen (secondary N) is 1. The van der Waals surface area contributed by atoms with E-state index < -0.39 is 23.9 Å². The number of alkyl halides is 3. The van der Waals surface area contributed by atoms with E-state index in [0.717, 1.165) is 12.1 Å². The van der Waals surface area contributed by atoms with Crippen LogP contribution in [0.1, 0.15) is 23.7 Å². The second kappa shape index (κ2) is 8.44. The number of hydrogen-bond acceptors (Lipinski definition) is 5. The molecule has 0 radical (unpaired) electrons. The molecule has 7 nitrogen and oxygen atoms in total. The van der Waals surface area contributed by atoms with Crippen molar-refractivity contribution < 1.29 is 37.0 Å². The highest BCUT2D eigenvalue weighted by Gasteiger charge is 2.31. The first kappa shape index (κ1) is 21.2. The van der Waals surface area contributed by atoms with E-state index in [0.29, 0.717) is 17.0 Å². The second-order valence-electron chi connectivity index (χ2n) is 6.35. The predicted octanol–water partition coefficient (Wildman–Crippen LogP) is 3.54. The van der Waals surface area contributed by atoms with Crippen LogP contribution in [0.15, 0.2) is 42.5 Å². The molecule has 10 heteroatoms. The van der Waals surface area contributed by atoms with E-state index in [1.807, 2.05) is 0 Å². The van der Waals surface area contributed by atoms with Crippen LogP contribution in [0.5, 0.6) is 11.5 Å². The number of halogens is 3. The minimum Gasteiger partial charge on any atom is -0.482 e. The normalized spacial score (nSPS) is 13.3. The molecule has 1 aliphatic rings. The number of benzene rings is 2. The average Bonchev–Trinajstić information content (AvgIpc) is 2.69. The number of amides is 2. The fraction of sp³-hybridized carbons (Fsp3) is 0.250. The molecule has 2 aromatic rings. The van der Waals surface area contributed by atoms with Crippen molar-refractivity contribution in [2.24, 2.45) is 0 Å². The third kappa shape index (κ3) is 5.07. The summed E-state index contributed by atoms with van der Waals surface area (Å²) in [6, 6.07) is 9.24. The lowest BCUT2D eigenvalue weighted by molar-refractivity contribution is -0.274. The Hall–Kier alpha value is -3.56. The van der Waals surface area contributed by atoms with Crippen LogP contribution in [0.4, 0.5) is 24.5 Å². The molecule has 0 aliphatic carbocycles. The fourth-order valence-corrected chi connectivity index (χ4v) is 2.84. The zero-order valence-corrected chi connectivity index (χ0v) is 15.8. The highest BCUT2D eigenvalue weighted by molar-refractivity contribution is 6.06. The quantitative estimate of drug-likeness (QED) is 0.720. The highest BCUT2D eigenvalue weighted by Crippen LogP contribution is 2.33. The largest absolute Gasteiger partial charge is 0.573 e. The van der Waals surface area contributed by atoms with Gasteiger partial charge in [-0.2, -0.15) is 0 Å². The first-order chi connectivity index (χ1) is 14.2. The SMILES string of the molecule is CCC(=O)c1ccc2c(c1)N(CC(=O)Nc1ccc(OC(F)(F)F)cc1)C(=O)CO2. The summed E-state index contributed by atoms with van der Waals surface area (Å²) in [6.45, 7) is 1.09. The maximum absolute atomic E-state index is 12.4. The summed E-state index contributed by atoms with van der Waals surface area (Å²) >= 11 is 0. The number of Topliss-reactive ketones (excluding diaryl/α,β-unsaturated/α-hetero) is 1. The third-order valence-electron chi connectivity index (χ3n) is 4.22. The summed E-state index contributed by atoms with van der Waals surface area (Å²) in [5, 5.41) is 2.50. The maximum atomic E-state index is 12.4. The van der Waals surface area contributed by atoms with Crippen molar-refractivity contribution >= 4 is 29.0 Å². The van der Waals surface area contributed by atoms with Crippen LogP contribution in [0.2, 0.25) is 0 Å². The van der Waals surface area contributed by atoms with Gasteiger partial charge in [-0.25, -0.2) is 0 Å². The Kier molecular flexibility index (Phi) is 5.95. The molecule has 2 aromatic carbocycles. The minimum absolute atomic E-state index is 0.124. The number of ketones is 1. The van der Waals surface area contributed by atoms with Crippen molar-refractivity contribution in [3.63, 3.8) is 0 Å². The molecule has 30 heavy (non-hydrogen) atoms. The van der Waals surface area contributed by atoms with Gasteiger partial charge in [0.2, 0.25) is 5.91 Å². The van der Waals surface area contributed by atoms with Crippen LogP contribution in [0.3, 0.4) is 0 Å². The Labute approximate surface area is 169 Å². The average molecular weight is 422 g/mol. The van der Waals surface area contributed by atoms with Gasteiger partial charge < -0.3 is 14.8 Å². The van der Waals surface area contributed by atoms with Gasteiger partial charge in [0, 0.05) is 17.7 Å². The third-order valence-corrected chi connectivity index (χ3v) is 4.22. The Balaban J connectivity index is 1.72. The molecule has 158 valence electrons. The molecular weight excluding hydrogens is 405 g/mol. The van der Waals surface area contributed by atoms with E-state index in [1.165, 1.54) is 23.1 Å². The van der Waals surface area contributed by atoms with Crippen molar-refractivity contribution in [2.75, 3.05) is 23.4 Å². The topological polar surface area (TPSA) is 84.9 Å².